The Balaban J connectivity index is 3.02. The number of hydrogen-bond donors (Lipinski definition) is 1. The van der Waals surface area contributed by atoms with Crippen molar-refractivity contribution in [2.75, 3.05) is 7.11 Å². The summed E-state index contributed by atoms with van der Waals surface area (Å²) in [7, 11) is 1.50. The molecule has 0 aliphatic rings. The Morgan fingerprint density at radius 2 is 2.29 bits per heavy atom. The minimum Gasteiger partial charge on any atom is -0.496 e. The molecule has 0 saturated carbocycles. The van der Waals surface area contributed by atoms with Gasteiger partial charge in [-0.3, -0.25) is 4.79 Å². The molecule has 1 N–H and O–H groups in total. The molecule has 0 aliphatic heterocycles. The molecule has 1 amide bonds. The Morgan fingerprint density at radius 1 is 1.57 bits per heavy atom. The Labute approximate surface area is 81.9 Å². The zero-order valence-electron chi connectivity index (χ0n) is 8.08. The lowest BCUT2D eigenvalue weighted by Crippen LogP contribution is -2.17. The van der Waals surface area contributed by atoms with Gasteiger partial charge in [0.25, 0.3) is 0 Å². The van der Waals surface area contributed by atoms with E-state index in [2.05, 4.69) is 5.32 Å². The van der Waals surface area contributed by atoms with Gasteiger partial charge in [0, 0.05) is 5.56 Å². The summed E-state index contributed by atoms with van der Waals surface area (Å²) in [4.78, 5) is 10.2. The van der Waals surface area contributed by atoms with Crippen LogP contribution in [0.15, 0.2) is 18.2 Å². The largest absolute Gasteiger partial charge is 0.496 e. The molecule has 3 nitrogen and oxygen atoms in total. The molecule has 0 saturated heterocycles. The van der Waals surface area contributed by atoms with Crippen molar-refractivity contribution in [2.45, 2.75) is 13.0 Å². The summed E-state index contributed by atoms with van der Waals surface area (Å²) in [6.45, 7) is 1.76. The van der Waals surface area contributed by atoms with Gasteiger partial charge < -0.3 is 10.1 Å². The number of methoxy groups -OCH3 is 1. The van der Waals surface area contributed by atoms with E-state index < -0.39 is 0 Å². The number of ether oxygens (including phenoxy) is 1. The van der Waals surface area contributed by atoms with Crippen LogP contribution in [0.1, 0.15) is 18.5 Å². The summed E-state index contributed by atoms with van der Waals surface area (Å²) >= 11 is 0. The highest BCUT2D eigenvalue weighted by molar-refractivity contribution is 5.49. The second kappa shape index (κ2) is 4.60. The van der Waals surface area contributed by atoms with Gasteiger partial charge in [0.15, 0.2) is 0 Å². The summed E-state index contributed by atoms with van der Waals surface area (Å²) < 4.78 is 18.0. The van der Waals surface area contributed by atoms with Crippen molar-refractivity contribution in [1.29, 1.82) is 0 Å². The van der Waals surface area contributed by atoms with Crippen molar-refractivity contribution >= 4 is 6.41 Å². The van der Waals surface area contributed by atoms with Crippen molar-refractivity contribution in [2.24, 2.45) is 0 Å². The number of benzene rings is 1. The van der Waals surface area contributed by atoms with Gasteiger partial charge in [0.2, 0.25) is 6.41 Å². The number of amides is 1. The van der Waals surface area contributed by atoms with Crippen molar-refractivity contribution < 1.29 is 13.9 Å². The van der Waals surface area contributed by atoms with E-state index in [1.165, 1.54) is 25.3 Å². The van der Waals surface area contributed by atoms with Crippen molar-refractivity contribution in [3.05, 3.63) is 29.6 Å². The van der Waals surface area contributed by atoms with Crippen molar-refractivity contribution in [3.8, 4) is 5.75 Å². The van der Waals surface area contributed by atoms with Crippen molar-refractivity contribution in [1.82, 2.24) is 5.32 Å². The standard InChI is InChI=1S/C10H12FNO2/c1-7(12-6-13)9-5-8(11)3-4-10(9)14-2/h3-7H,1-2H3,(H,12,13). The predicted octanol–water partition coefficient (Wildman–Crippen LogP) is 1.64. The number of carbonyl (C=O) groups excluding carboxylic acids is 1. The van der Waals surface area contributed by atoms with Crippen LogP contribution in [0.3, 0.4) is 0 Å². The lowest BCUT2D eigenvalue weighted by Gasteiger charge is -2.14. The maximum atomic E-state index is 12.9. The van der Waals surface area contributed by atoms with Crippen LogP contribution >= 0.6 is 0 Å². The number of rotatable bonds is 4. The quantitative estimate of drug-likeness (QED) is 0.745. The Hall–Kier alpha value is -1.58. The third-order valence-electron chi connectivity index (χ3n) is 1.98. The lowest BCUT2D eigenvalue weighted by atomic mass is 10.1. The molecule has 1 aromatic carbocycles. The van der Waals surface area contributed by atoms with E-state index >= 15 is 0 Å². The first-order valence-corrected chi connectivity index (χ1v) is 4.22. The molecule has 4 heteroatoms. The van der Waals surface area contributed by atoms with Crippen LogP contribution in [0, 0.1) is 5.82 Å². The van der Waals surface area contributed by atoms with Gasteiger partial charge >= 0.3 is 0 Å². The molecule has 0 aliphatic carbocycles. The fourth-order valence-corrected chi connectivity index (χ4v) is 1.24. The van der Waals surface area contributed by atoms with Gasteiger partial charge in [0.1, 0.15) is 11.6 Å². The minimum absolute atomic E-state index is 0.266. The zero-order valence-corrected chi connectivity index (χ0v) is 8.08. The summed E-state index contributed by atoms with van der Waals surface area (Å²) in [5.74, 6) is 0.216. The number of nitrogens with one attached hydrogen (secondary N) is 1. The van der Waals surface area contributed by atoms with E-state index in [1.54, 1.807) is 6.92 Å². The third kappa shape index (κ3) is 2.22. The molecule has 0 heterocycles. The highest BCUT2D eigenvalue weighted by Crippen LogP contribution is 2.25. The SMILES string of the molecule is COc1ccc(F)cc1C(C)NC=O. The minimum atomic E-state index is -0.347. The summed E-state index contributed by atoms with van der Waals surface area (Å²) in [6, 6.07) is 3.93. The highest BCUT2D eigenvalue weighted by Gasteiger charge is 2.11. The maximum Gasteiger partial charge on any atom is 0.207 e. The normalized spacial score (nSPS) is 11.9. The molecule has 76 valence electrons. The van der Waals surface area contributed by atoms with E-state index in [4.69, 9.17) is 4.74 Å². The second-order valence-corrected chi connectivity index (χ2v) is 2.89. The maximum absolute atomic E-state index is 12.9. The van der Waals surface area contributed by atoms with Gasteiger partial charge in [0.05, 0.1) is 13.2 Å². The van der Waals surface area contributed by atoms with Gasteiger partial charge in [-0.1, -0.05) is 0 Å². The van der Waals surface area contributed by atoms with E-state index in [1.807, 2.05) is 0 Å². The summed E-state index contributed by atoms with van der Waals surface area (Å²) in [5.41, 5.74) is 0.625. The fourth-order valence-electron chi connectivity index (χ4n) is 1.24. The number of carbonyl (C=O) groups is 1. The lowest BCUT2D eigenvalue weighted by molar-refractivity contribution is -0.110. The molecule has 0 fully saturated rings. The van der Waals surface area contributed by atoms with Crippen LogP contribution in [-0.2, 0) is 4.79 Å². The Kier molecular flexibility index (Phi) is 3.45. The molecule has 1 unspecified atom stereocenters. The van der Waals surface area contributed by atoms with Crippen LogP contribution in [0.25, 0.3) is 0 Å². The Morgan fingerprint density at radius 3 is 2.86 bits per heavy atom. The monoisotopic (exact) mass is 197 g/mol. The molecule has 0 radical (unpaired) electrons. The average molecular weight is 197 g/mol. The molecule has 1 atom stereocenters. The van der Waals surface area contributed by atoms with Crippen LogP contribution in [0.2, 0.25) is 0 Å². The average Bonchev–Trinajstić information content (AvgIpc) is 2.18. The topological polar surface area (TPSA) is 38.3 Å². The Bertz CT molecular complexity index is 328. The van der Waals surface area contributed by atoms with E-state index in [9.17, 15) is 9.18 Å². The zero-order chi connectivity index (χ0) is 10.6. The summed E-state index contributed by atoms with van der Waals surface area (Å²) in [5, 5.41) is 2.54. The molecular formula is C10H12FNO2. The highest BCUT2D eigenvalue weighted by atomic mass is 19.1. The molecule has 1 rings (SSSR count). The third-order valence-corrected chi connectivity index (χ3v) is 1.98. The molecule has 0 aromatic heterocycles. The van der Waals surface area contributed by atoms with Gasteiger partial charge in [-0.15, -0.1) is 0 Å². The number of halogens is 1. The van der Waals surface area contributed by atoms with Crippen LogP contribution < -0.4 is 10.1 Å². The van der Waals surface area contributed by atoms with E-state index in [0.717, 1.165) is 0 Å². The molecule has 0 bridgehead atoms. The van der Waals surface area contributed by atoms with Gasteiger partial charge in [-0.2, -0.15) is 0 Å². The van der Waals surface area contributed by atoms with Gasteiger partial charge in [-0.05, 0) is 25.1 Å². The first-order valence-electron chi connectivity index (χ1n) is 4.22. The van der Waals surface area contributed by atoms with E-state index in [0.29, 0.717) is 17.7 Å². The molecule has 14 heavy (non-hydrogen) atoms. The molecule has 1 aromatic rings. The first kappa shape index (κ1) is 10.5. The predicted molar refractivity (Wildman–Crippen MR) is 50.6 cm³/mol. The van der Waals surface area contributed by atoms with Gasteiger partial charge in [-0.25, -0.2) is 4.39 Å². The fraction of sp³-hybridized carbons (Fsp3) is 0.300. The van der Waals surface area contributed by atoms with Crippen LogP contribution in [0.5, 0.6) is 5.75 Å². The summed E-state index contributed by atoms with van der Waals surface area (Å²) in [6.07, 6.45) is 0.578. The van der Waals surface area contributed by atoms with E-state index in [-0.39, 0.29) is 11.9 Å². The molecular weight excluding hydrogens is 185 g/mol. The van der Waals surface area contributed by atoms with Crippen molar-refractivity contribution in [3.63, 3.8) is 0 Å². The first-order chi connectivity index (χ1) is 6.69. The smallest absolute Gasteiger partial charge is 0.207 e. The second-order valence-electron chi connectivity index (χ2n) is 2.89. The van der Waals surface area contributed by atoms with Crippen LogP contribution in [0.4, 0.5) is 4.39 Å². The van der Waals surface area contributed by atoms with Crippen LogP contribution in [-0.4, -0.2) is 13.5 Å². The molecule has 0 spiro atoms. The number of hydrogen-bond acceptors (Lipinski definition) is 2.